The lowest BCUT2D eigenvalue weighted by molar-refractivity contribution is 1.18. The zero-order valence-electron chi connectivity index (χ0n) is 48.5. The number of hydrogen-bond acceptors (Lipinski definition) is 2. The summed E-state index contributed by atoms with van der Waals surface area (Å²) in [5.74, 6) is 0. The zero-order valence-corrected chi connectivity index (χ0v) is 49.5. The molecular weight excluding hydrogens is 1070 g/mol. The van der Waals surface area contributed by atoms with Crippen molar-refractivity contribution in [3.63, 3.8) is 0 Å². The first-order valence-corrected chi connectivity index (χ1v) is 33.1. The van der Waals surface area contributed by atoms with Gasteiger partial charge in [0, 0.05) is 66.4 Å². The highest BCUT2D eigenvalue weighted by molar-refractivity contribution is 7.03. The van der Waals surface area contributed by atoms with Gasteiger partial charge in [0.2, 0.25) is 0 Å². The van der Waals surface area contributed by atoms with Gasteiger partial charge >= 0.3 is 0 Å². The van der Waals surface area contributed by atoms with E-state index in [4.69, 9.17) is 0 Å². The largest absolute Gasteiger partial charge is 0.310 e. The first-order valence-electron chi connectivity index (χ1n) is 30.1. The van der Waals surface area contributed by atoms with Gasteiger partial charge in [-0.2, -0.15) is 0 Å². The van der Waals surface area contributed by atoms with E-state index in [0.717, 1.165) is 45.5 Å². The summed E-state index contributed by atoms with van der Waals surface area (Å²) >= 11 is 0. The molecule has 0 saturated carbocycles. The molecule has 0 aliphatic heterocycles. The molecule has 0 atom stereocenters. The molecule has 2 aromatic heterocycles. The van der Waals surface area contributed by atoms with E-state index in [1.54, 1.807) is 0 Å². The number of nitrogens with zero attached hydrogens (tertiary/aromatic N) is 4. The predicted molar refractivity (Wildman–Crippen MR) is 374 cm³/mol. The lowest BCUT2D eigenvalue weighted by Gasteiger charge is -2.32. The van der Waals surface area contributed by atoms with Gasteiger partial charge in [0.25, 0.3) is 0 Å². The van der Waals surface area contributed by atoms with Crippen molar-refractivity contribution < 1.29 is 0 Å². The molecule has 0 saturated heterocycles. The molecule has 412 valence electrons. The van der Waals surface area contributed by atoms with E-state index in [-0.39, 0.29) is 0 Å². The van der Waals surface area contributed by atoms with Gasteiger partial charge < -0.3 is 18.9 Å². The molecule has 0 radical (unpaired) electrons. The van der Waals surface area contributed by atoms with Crippen LogP contribution in [0.3, 0.4) is 0 Å². The summed E-state index contributed by atoms with van der Waals surface area (Å²) in [5.41, 5.74) is 18.4. The molecule has 16 rings (SSSR count). The number of fused-ring (bicyclic) bond motifs is 8. The summed E-state index contributed by atoms with van der Waals surface area (Å²) < 4.78 is 4.79. The maximum Gasteiger partial charge on any atom is 0.113 e. The van der Waals surface area contributed by atoms with Crippen LogP contribution in [-0.2, 0) is 0 Å². The van der Waals surface area contributed by atoms with Crippen molar-refractivity contribution in [1.82, 2.24) is 9.13 Å². The Morgan fingerprint density at radius 1 is 0.230 bits per heavy atom. The molecule has 0 amide bonds. The summed E-state index contributed by atoms with van der Waals surface area (Å²) in [6.07, 6.45) is 0. The van der Waals surface area contributed by atoms with E-state index >= 15 is 0 Å². The Kier molecular flexibility index (Phi) is 12.6. The third-order valence-corrected chi connectivity index (χ3v) is 21.5. The lowest BCUT2D eigenvalue weighted by atomic mass is 10.0. The van der Waals surface area contributed by atoms with Crippen molar-refractivity contribution >= 4 is 118 Å². The molecule has 0 N–H and O–H groups in total. The van der Waals surface area contributed by atoms with E-state index in [0.29, 0.717) is 0 Å². The molecule has 4 nitrogen and oxygen atoms in total. The third-order valence-electron chi connectivity index (χ3n) is 17.9. The fourth-order valence-corrected chi connectivity index (χ4v) is 16.9. The predicted octanol–water partition coefficient (Wildman–Crippen LogP) is 21.3. The van der Waals surface area contributed by atoms with Crippen LogP contribution >= 0.6 is 0 Å². The molecule has 0 unspecified atom stereocenters. The standard InChI is InChI=1S/C82H60N4Si/c1-87(2,81-51-49-77(67-37-15-17-41-71(67)81)83(63-35-23-29-59(53-63)57-25-7-3-8-26-57)65-45-47-79-73(55-65)69-39-19-21-43-75(69)85(79)61-31-11-5-12-32-61)82-52-50-78(68-38-16-18-42-72(68)82)84(64-36-24-30-60(54-64)58-27-9-4-10-28-58)66-46-48-80-74(56-66)70-40-20-22-44-76(70)86(80)62-33-13-6-14-34-62/h3-56H,1-2H3. The van der Waals surface area contributed by atoms with Crippen LogP contribution in [0.25, 0.3) is 98.8 Å². The van der Waals surface area contributed by atoms with Crippen LogP contribution in [0.15, 0.2) is 328 Å². The Morgan fingerprint density at radius 2 is 0.552 bits per heavy atom. The second kappa shape index (κ2) is 21.3. The van der Waals surface area contributed by atoms with Crippen LogP contribution in [-0.4, -0.2) is 17.2 Å². The van der Waals surface area contributed by atoms with E-state index in [1.165, 1.54) is 97.8 Å². The summed E-state index contributed by atoms with van der Waals surface area (Å²) in [6.45, 7) is 5.09. The molecule has 5 heteroatoms. The minimum atomic E-state index is -2.56. The molecule has 87 heavy (non-hydrogen) atoms. The van der Waals surface area contributed by atoms with Gasteiger partial charge in [-0.1, -0.05) is 231 Å². The van der Waals surface area contributed by atoms with Crippen molar-refractivity contribution in [2.75, 3.05) is 9.80 Å². The minimum absolute atomic E-state index is 1.10. The Bertz CT molecular complexity index is 4930. The molecule has 0 spiro atoms. The van der Waals surface area contributed by atoms with Crippen LogP contribution in [0.4, 0.5) is 34.1 Å². The molecule has 16 aromatic rings. The fourth-order valence-electron chi connectivity index (χ4n) is 13.9. The van der Waals surface area contributed by atoms with Crippen LogP contribution < -0.4 is 20.2 Å². The lowest BCUT2D eigenvalue weighted by Crippen LogP contribution is -2.53. The van der Waals surface area contributed by atoms with Crippen molar-refractivity contribution in [3.05, 3.63) is 328 Å². The topological polar surface area (TPSA) is 16.3 Å². The van der Waals surface area contributed by atoms with Crippen LogP contribution in [0.2, 0.25) is 13.1 Å². The molecule has 14 aromatic carbocycles. The number of anilines is 6. The minimum Gasteiger partial charge on any atom is -0.310 e. The van der Waals surface area contributed by atoms with Crippen molar-refractivity contribution in [3.8, 4) is 33.6 Å². The van der Waals surface area contributed by atoms with Crippen LogP contribution in [0, 0.1) is 0 Å². The van der Waals surface area contributed by atoms with Gasteiger partial charge in [0.1, 0.15) is 8.07 Å². The second-order valence-corrected chi connectivity index (χ2v) is 27.6. The highest BCUT2D eigenvalue weighted by Crippen LogP contribution is 2.46. The molecule has 0 bridgehead atoms. The van der Waals surface area contributed by atoms with Gasteiger partial charge in [-0.3, -0.25) is 0 Å². The highest BCUT2D eigenvalue weighted by atomic mass is 28.3. The van der Waals surface area contributed by atoms with Crippen molar-refractivity contribution in [1.29, 1.82) is 0 Å². The van der Waals surface area contributed by atoms with Crippen LogP contribution in [0.1, 0.15) is 0 Å². The quantitative estimate of drug-likeness (QED) is 0.113. The Balaban J connectivity index is 0.863. The Hall–Kier alpha value is -11.0. The maximum atomic E-state index is 2.55. The normalized spacial score (nSPS) is 11.8. The van der Waals surface area contributed by atoms with E-state index < -0.39 is 8.07 Å². The SMILES string of the molecule is C[Si](C)(c1ccc(N(c2cccc(-c3ccccc3)c2)c2ccc3c(c2)c2ccccc2n3-c2ccccc2)c2ccccc12)c1ccc(N(c2cccc(-c3ccccc3)c2)c2ccc3c(c2)c2ccccc2n3-c2ccccc2)c2ccccc12. The number of benzene rings is 14. The van der Waals surface area contributed by atoms with Gasteiger partial charge in [0.05, 0.1) is 33.4 Å². The highest BCUT2D eigenvalue weighted by Gasteiger charge is 2.32. The average molecular weight is 1130 g/mol. The summed E-state index contributed by atoms with van der Waals surface area (Å²) in [5, 5.41) is 12.6. The summed E-state index contributed by atoms with van der Waals surface area (Å²) in [7, 11) is -2.56. The molecule has 0 aliphatic rings. The second-order valence-electron chi connectivity index (χ2n) is 23.3. The van der Waals surface area contributed by atoms with Gasteiger partial charge in [-0.25, -0.2) is 0 Å². The molecular formula is C82H60N4Si. The summed E-state index contributed by atoms with van der Waals surface area (Å²) in [6, 6.07) is 121. The number of aromatic nitrogens is 2. The molecule has 0 aliphatic carbocycles. The van der Waals surface area contributed by atoms with Gasteiger partial charge in [-0.15, -0.1) is 0 Å². The average Bonchev–Trinajstić information content (AvgIpc) is 1.93. The first-order chi connectivity index (χ1) is 42.9. The van der Waals surface area contributed by atoms with Gasteiger partial charge in [0.15, 0.2) is 0 Å². The summed E-state index contributed by atoms with van der Waals surface area (Å²) in [4.78, 5) is 4.98. The molecule has 0 fully saturated rings. The fraction of sp³-hybridized carbons (Fsp3) is 0.0244. The van der Waals surface area contributed by atoms with Crippen LogP contribution in [0.5, 0.6) is 0 Å². The van der Waals surface area contributed by atoms with E-state index in [1.807, 2.05) is 0 Å². The van der Waals surface area contributed by atoms with E-state index in [2.05, 4.69) is 360 Å². The Labute approximate surface area is 508 Å². The monoisotopic (exact) mass is 1130 g/mol. The molecule has 2 heterocycles. The van der Waals surface area contributed by atoms with Crippen molar-refractivity contribution in [2.45, 2.75) is 13.1 Å². The number of hydrogen-bond donors (Lipinski definition) is 0. The van der Waals surface area contributed by atoms with Gasteiger partial charge in [-0.05, 0) is 153 Å². The Morgan fingerprint density at radius 3 is 0.966 bits per heavy atom. The number of rotatable bonds is 12. The maximum absolute atomic E-state index is 2.56. The zero-order chi connectivity index (χ0) is 58.0. The first kappa shape index (κ1) is 51.6. The number of para-hydroxylation sites is 4. The van der Waals surface area contributed by atoms with Crippen molar-refractivity contribution in [2.24, 2.45) is 0 Å². The smallest absolute Gasteiger partial charge is 0.113 e. The van der Waals surface area contributed by atoms with E-state index in [9.17, 15) is 0 Å². The third kappa shape index (κ3) is 8.81.